The van der Waals surface area contributed by atoms with Gasteiger partial charge in [-0.05, 0) is 59.7 Å². The molecule has 1 aromatic heterocycles. The number of ether oxygens (including phenoxy) is 1. The Morgan fingerprint density at radius 2 is 1.48 bits per heavy atom. The van der Waals surface area contributed by atoms with E-state index in [9.17, 15) is 14.4 Å². The molecule has 0 saturated heterocycles. The standard InChI is InChI=1S/C40H32N4O4S2/c1-48-32-21-11-13-27(23-32)24-34(42-37(45)30-18-9-4-10-19-30)38(46)41-31-20-12-22-33(25-31)50-36(29-16-7-3-8-17-29)39(47)44-40-43-35(26-49-40)28-14-5-2-6-15-28/h2-26,36H,1H3,(H,41,46)(H,42,45)(H,43,44,47)/b34-24-. The average Bonchev–Trinajstić information content (AvgIpc) is 3.63. The summed E-state index contributed by atoms with van der Waals surface area (Å²) in [4.78, 5) is 46.0. The second-order valence-electron chi connectivity index (χ2n) is 10.9. The number of thiazole rings is 1. The number of anilines is 2. The van der Waals surface area contributed by atoms with Gasteiger partial charge < -0.3 is 20.7 Å². The first kappa shape index (κ1) is 33.9. The number of nitrogens with zero attached hydrogens (tertiary/aromatic N) is 1. The number of benzene rings is 5. The van der Waals surface area contributed by atoms with Gasteiger partial charge in [-0.15, -0.1) is 23.1 Å². The number of nitrogens with one attached hydrogen (secondary N) is 3. The molecule has 0 spiro atoms. The highest BCUT2D eigenvalue weighted by molar-refractivity contribution is 8.00. The maximum absolute atomic E-state index is 13.8. The number of methoxy groups -OCH3 is 1. The normalized spacial score (nSPS) is 11.7. The third kappa shape index (κ3) is 8.93. The van der Waals surface area contributed by atoms with Crippen LogP contribution in [-0.4, -0.2) is 29.8 Å². The van der Waals surface area contributed by atoms with Crippen molar-refractivity contribution in [2.24, 2.45) is 0 Å². The fraction of sp³-hybridized carbons (Fsp3) is 0.0500. The maximum Gasteiger partial charge on any atom is 0.272 e. The number of aromatic nitrogens is 1. The zero-order chi connectivity index (χ0) is 34.7. The van der Waals surface area contributed by atoms with E-state index >= 15 is 0 Å². The molecule has 5 aromatic carbocycles. The van der Waals surface area contributed by atoms with Crippen LogP contribution in [0.15, 0.2) is 155 Å². The van der Waals surface area contributed by atoms with Gasteiger partial charge in [0.25, 0.3) is 11.8 Å². The predicted octanol–water partition coefficient (Wildman–Crippen LogP) is 8.70. The summed E-state index contributed by atoms with van der Waals surface area (Å²) in [6.07, 6.45) is 1.59. The fourth-order valence-corrected chi connectivity index (χ4v) is 6.77. The lowest BCUT2D eigenvalue weighted by atomic mass is 10.1. The Balaban J connectivity index is 1.22. The van der Waals surface area contributed by atoms with Crippen molar-refractivity contribution in [3.05, 3.63) is 167 Å². The molecule has 3 N–H and O–H groups in total. The molecule has 0 fully saturated rings. The minimum absolute atomic E-state index is 0.0463. The number of rotatable bonds is 12. The Kier molecular flexibility index (Phi) is 11.1. The van der Waals surface area contributed by atoms with Gasteiger partial charge in [0.15, 0.2) is 5.13 Å². The summed E-state index contributed by atoms with van der Waals surface area (Å²) >= 11 is 2.72. The van der Waals surface area contributed by atoms with Crippen LogP contribution < -0.4 is 20.7 Å². The van der Waals surface area contributed by atoms with Gasteiger partial charge >= 0.3 is 0 Å². The van der Waals surface area contributed by atoms with Gasteiger partial charge in [0.05, 0.1) is 12.8 Å². The highest BCUT2D eigenvalue weighted by atomic mass is 32.2. The number of carbonyl (C=O) groups excluding carboxylic acids is 3. The SMILES string of the molecule is COc1cccc(/C=C(\NC(=O)c2ccccc2)C(=O)Nc2cccc(SC(C(=O)Nc3nc(-c4ccccc4)cs3)c3ccccc3)c2)c1. The van der Waals surface area contributed by atoms with Crippen LogP contribution in [0.4, 0.5) is 10.8 Å². The molecule has 0 saturated carbocycles. The number of hydrogen-bond acceptors (Lipinski definition) is 7. The highest BCUT2D eigenvalue weighted by Crippen LogP contribution is 2.38. The first-order valence-electron chi connectivity index (χ1n) is 15.6. The van der Waals surface area contributed by atoms with E-state index in [2.05, 4.69) is 20.9 Å². The summed E-state index contributed by atoms with van der Waals surface area (Å²) in [6.45, 7) is 0. The lowest BCUT2D eigenvalue weighted by Crippen LogP contribution is -2.30. The Labute approximate surface area is 298 Å². The van der Waals surface area contributed by atoms with Gasteiger partial charge in [0, 0.05) is 27.1 Å². The van der Waals surface area contributed by atoms with Crippen molar-refractivity contribution in [2.75, 3.05) is 17.7 Å². The first-order chi connectivity index (χ1) is 24.4. The third-order valence-corrected chi connectivity index (χ3v) is 9.43. The summed E-state index contributed by atoms with van der Waals surface area (Å²) in [6, 6.07) is 42.4. The molecule has 10 heteroatoms. The molecule has 1 atom stereocenters. The largest absolute Gasteiger partial charge is 0.497 e. The summed E-state index contributed by atoms with van der Waals surface area (Å²) < 4.78 is 5.34. The molecular formula is C40H32N4O4S2. The van der Waals surface area contributed by atoms with Crippen LogP contribution in [0, 0.1) is 0 Å². The number of thioether (sulfide) groups is 1. The van der Waals surface area contributed by atoms with E-state index in [1.54, 1.807) is 73.8 Å². The molecule has 6 rings (SSSR count). The minimum Gasteiger partial charge on any atom is -0.497 e. The fourth-order valence-electron chi connectivity index (χ4n) is 4.97. The lowest BCUT2D eigenvalue weighted by molar-refractivity contribution is -0.116. The molecule has 6 aromatic rings. The van der Waals surface area contributed by atoms with Crippen molar-refractivity contribution >= 4 is 57.7 Å². The molecule has 3 amide bonds. The molecule has 0 aliphatic rings. The minimum atomic E-state index is -0.611. The van der Waals surface area contributed by atoms with E-state index in [-0.39, 0.29) is 11.6 Å². The van der Waals surface area contributed by atoms with Crippen molar-refractivity contribution < 1.29 is 19.1 Å². The van der Waals surface area contributed by atoms with Crippen molar-refractivity contribution in [3.8, 4) is 17.0 Å². The predicted molar refractivity (Wildman–Crippen MR) is 201 cm³/mol. The van der Waals surface area contributed by atoms with E-state index in [0.717, 1.165) is 21.7 Å². The van der Waals surface area contributed by atoms with Gasteiger partial charge in [0.2, 0.25) is 5.91 Å². The second kappa shape index (κ2) is 16.4. The molecule has 8 nitrogen and oxygen atoms in total. The van der Waals surface area contributed by atoms with Crippen LogP contribution in [0.25, 0.3) is 17.3 Å². The number of hydrogen-bond donors (Lipinski definition) is 3. The summed E-state index contributed by atoms with van der Waals surface area (Å²) in [5, 5.41) is 10.5. The lowest BCUT2D eigenvalue weighted by Gasteiger charge is -2.17. The molecule has 0 radical (unpaired) electrons. The van der Waals surface area contributed by atoms with E-state index < -0.39 is 17.1 Å². The Morgan fingerprint density at radius 3 is 2.22 bits per heavy atom. The maximum atomic E-state index is 13.8. The van der Waals surface area contributed by atoms with Crippen LogP contribution in [0.3, 0.4) is 0 Å². The van der Waals surface area contributed by atoms with Crippen molar-refractivity contribution in [1.29, 1.82) is 0 Å². The number of amides is 3. The summed E-state index contributed by atoms with van der Waals surface area (Å²) in [5.74, 6) is -0.556. The molecule has 0 bridgehead atoms. The van der Waals surface area contributed by atoms with Gasteiger partial charge in [-0.25, -0.2) is 4.98 Å². The van der Waals surface area contributed by atoms with Gasteiger partial charge in [-0.2, -0.15) is 0 Å². The summed E-state index contributed by atoms with van der Waals surface area (Å²) in [5.41, 5.74) is 4.19. The van der Waals surface area contributed by atoms with Gasteiger partial charge in [-0.3, -0.25) is 14.4 Å². The van der Waals surface area contributed by atoms with Crippen molar-refractivity contribution in [3.63, 3.8) is 0 Å². The van der Waals surface area contributed by atoms with Crippen molar-refractivity contribution in [2.45, 2.75) is 10.1 Å². The van der Waals surface area contributed by atoms with E-state index in [4.69, 9.17) is 4.74 Å². The Hall–Kier alpha value is -5.97. The molecule has 248 valence electrons. The molecule has 0 aliphatic heterocycles. The molecule has 50 heavy (non-hydrogen) atoms. The zero-order valence-electron chi connectivity index (χ0n) is 26.9. The Morgan fingerprint density at radius 1 is 0.780 bits per heavy atom. The van der Waals surface area contributed by atoms with Gasteiger partial charge in [-0.1, -0.05) is 97.1 Å². The zero-order valence-corrected chi connectivity index (χ0v) is 28.5. The van der Waals surface area contributed by atoms with E-state index in [1.807, 2.05) is 84.2 Å². The molecule has 1 unspecified atom stereocenters. The third-order valence-electron chi connectivity index (χ3n) is 7.42. The van der Waals surface area contributed by atoms with Crippen LogP contribution in [0.5, 0.6) is 5.75 Å². The average molecular weight is 697 g/mol. The highest BCUT2D eigenvalue weighted by Gasteiger charge is 2.24. The van der Waals surface area contributed by atoms with Gasteiger partial charge in [0.1, 0.15) is 16.7 Å². The van der Waals surface area contributed by atoms with E-state index in [1.165, 1.54) is 23.1 Å². The molecule has 0 aliphatic carbocycles. The summed E-state index contributed by atoms with van der Waals surface area (Å²) in [7, 11) is 1.56. The topological polar surface area (TPSA) is 109 Å². The van der Waals surface area contributed by atoms with Crippen LogP contribution >= 0.6 is 23.1 Å². The molecule has 1 heterocycles. The number of carbonyl (C=O) groups is 3. The quantitative estimate of drug-likeness (QED) is 0.0873. The molecular weight excluding hydrogens is 665 g/mol. The first-order valence-corrected chi connectivity index (χ1v) is 17.4. The van der Waals surface area contributed by atoms with Crippen LogP contribution in [0.2, 0.25) is 0 Å². The van der Waals surface area contributed by atoms with Crippen molar-refractivity contribution in [1.82, 2.24) is 10.3 Å². The monoisotopic (exact) mass is 696 g/mol. The van der Waals surface area contributed by atoms with Crippen LogP contribution in [0.1, 0.15) is 26.7 Å². The smallest absolute Gasteiger partial charge is 0.272 e. The van der Waals surface area contributed by atoms with E-state index in [0.29, 0.717) is 27.7 Å². The van der Waals surface area contributed by atoms with Crippen LogP contribution in [-0.2, 0) is 9.59 Å². The Bertz CT molecular complexity index is 2120. The second-order valence-corrected chi connectivity index (χ2v) is 13.0.